The first-order valence-electron chi connectivity index (χ1n) is 15.4. The van der Waals surface area contributed by atoms with Crippen LogP contribution < -0.4 is 21.3 Å². The van der Waals surface area contributed by atoms with Gasteiger partial charge in [-0.05, 0) is 36.5 Å². The molecule has 0 bridgehead atoms. The minimum absolute atomic E-state index is 0.194. The molecule has 1 aromatic rings. The molecule has 1 unspecified atom stereocenters. The van der Waals surface area contributed by atoms with Crippen molar-refractivity contribution < 1.29 is 33.9 Å². The molecule has 2 aliphatic heterocycles. The molecule has 2 aliphatic rings. The first kappa shape index (κ1) is 35.2. The maximum Gasteiger partial charge on any atom is 0.407 e. The summed E-state index contributed by atoms with van der Waals surface area (Å²) in [6.07, 6.45) is 3.61. The number of nitrogens with one attached hydrogen (secondary N) is 4. The van der Waals surface area contributed by atoms with Crippen LogP contribution in [0.25, 0.3) is 0 Å². The lowest BCUT2D eigenvalue weighted by molar-refractivity contribution is -0.137. The predicted molar refractivity (Wildman–Crippen MR) is 167 cm³/mol. The molecule has 1 atom stereocenters. The van der Waals surface area contributed by atoms with Gasteiger partial charge in [0.05, 0.1) is 6.54 Å². The van der Waals surface area contributed by atoms with Gasteiger partial charge in [0.1, 0.15) is 6.04 Å². The number of imide groups is 1. The van der Waals surface area contributed by atoms with E-state index in [9.17, 15) is 28.8 Å². The lowest BCUT2D eigenvalue weighted by Gasteiger charge is -2.33. The number of carbonyl (C=O) groups is 6. The molecule has 1 aromatic carbocycles. The van der Waals surface area contributed by atoms with Gasteiger partial charge in [0, 0.05) is 76.6 Å². The van der Waals surface area contributed by atoms with E-state index < -0.39 is 23.9 Å². The molecule has 0 saturated carbocycles. The van der Waals surface area contributed by atoms with Crippen LogP contribution in [0.4, 0.5) is 10.5 Å². The minimum Gasteiger partial charge on any atom is -0.465 e. The van der Waals surface area contributed by atoms with Crippen LogP contribution in [-0.2, 0) is 30.5 Å². The smallest absolute Gasteiger partial charge is 0.407 e. The average molecular weight is 628 g/mol. The van der Waals surface area contributed by atoms with Crippen LogP contribution in [0.5, 0.6) is 0 Å². The number of hydrogen-bond donors (Lipinski definition) is 5. The largest absolute Gasteiger partial charge is 0.465 e. The molecule has 0 spiro atoms. The zero-order valence-corrected chi connectivity index (χ0v) is 26.0. The summed E-state index contributed by atoms with van der Waals surface area (Å²) in [4.78, 5) is 76.7. The lowest BCUT2D eigenvalue weighted by Crippen LogP contribution is -2.51. The van der Waals surface area contributed by atoms with Gasteiger partial charge in [-0.15, -0.1) is 0 Å². The van der Waals surface area contributed by atoms with Crippen LogP contribution >= 0.6 is 0 Å². The summed E-state index contributed by atoms with van der Waals surface area (Å²) in [7, 11) is 0. The Morgan fingerprint density at radius 3 is 2.16 bits per heavy atom. The first-order chi connectivity index (χ1) is 21.5. The van der Waals surface area contributed by atoms with Crippen molar-refractivity contribution in [1.29, 1.82) is 0 Å². The monoisotopic (exact) mass is 627 g/mol. The number of hydrogen-bond acceptors (Lipinski definition) is 8. The number of carbonyl (C=O) groups excluding carboxylic acids is 5. The molecule has 1 saturated heterocycles. The summed E-state index contributed by atoms with van der Waals surface area (Å²) >= 11 is 0. The predicted octanol–water partition coefficient (Wildman–Crippen LogP) is 0.753. The Bertz CT molecular complexity index is 1210. The highest BCUT2D eigenvalue weighted by atomic mass is 16.4. The van der Waals surface area contributed by atoms with Crippen molar-refractivity contribution in [1.82, 2.24) is 30.7 Å². The van der Waals surface area contributed by atoms with Crippen LogP contribution in [0.3, 0.4) is 0 Å². The molecule has 0 aromatic heterocycles. The number of carboxylic acid groups (broad SMARTS) is 1. The Balaban J connectivity index is 1.29. The first-order valence-corrected chi connectivity index (χ1v) is 15.4. The number of unbranched alkanes of at least 4 members (excludes halogenated alkanes) is 2. The Morgan fingerprint density at radius 2 is 1.53 bits per heavy atom. The quantitative estimate of drug-likeness (QED) is 0.123. The van der Waals surface area contributed by atoms with E-state index in [4.69, 9.17) is 5.11 Å². The van der Waals surface area contributed by atoms with Crippen molar-refractivity contribution in [3.63, 3.8) is 0 Å². The number of amides is 6. The Labute approximate surface area is 263 Å². The molecular formula is C31H45N7O7. The average Bonchev–Trinajstić information content (AvgIpc) is 3.33. The molecule has 5 N–H and O–H groups in total. The zero-order chi connectivity index (χ0) is 32.8. The van der Waals surface area contributed by atoms with Crippen LogP contribution in [0.2, 0.25) is 0 Å². The normalized spacial score (nSPS) is 15.8. The van der Waals surface area contributed by atoms with Crippen LogP contribution in [0.15, 0.2) is 36.4 Å². The van der Waals surface area contributed by atoms with E-state index >= 15 is 0 Å². The third-order valence-electron chi connectivity index (χ3n) is 7.69. The van der Waals surface area contributed by atoms with E-state index in [0.717, 1.165) is 31.7 Å². The number of anilines is 1. The van der Waals surface area contributed by atoms with E-state index in [2.05, 4.69) is 26.2 Å². The lowest BCUT2D eigenvalue weighted by atomic mass is 10.0. The highest BCUT2D eigenvalue weighted by molar-refractivity contribution is 6.12. The zero-order valence-electron chi connectivity index (χ0n) is 26.0. The number of piperazine rings is 1. The van der Waals surface area contributed by atoms with Crippen LogP contribution in [-0.4, -0.2) is 114 Å². The Hall–Kier alpha value is -4.30. The maximum absolute atomic E-state index is 12.8. The topological polar surface area (TPSA) is 180 Å². The molecule has 0 radical (unpaired) electrons. The van der Waals surface area contributed by atoms with Gasteiger partial charge in [-0.2, -0.15) is 0 Å². The van der Waals surface area contributed by atoms with E-state index in [1.54, 1.807) is 12.1 Å². The standard InChI is InChI=1S/C31H45N7O7/c1-22(2)29(35-25(39)6-4-3-5-14-38-27(41)11-12-28(38)42)30(43)33-21-26(40)34-24-9-7-23(8-10-24)20-32-13-15-36-16-18-37(19-17-36)31(44)45/h7-12,22,29,32H,3-6,13-21H2,1-2H3,(H,33,43)(H,34,40)(H,35,39)(H,44,45). The second kappa shape index (κ2) is 17.9. The van der Waals surface area contributed by atoms with Crippen molar-refractivity contribution in [2.24, 2.45) is 5.92 Å². The number of nitrogens with zero attached hydrogens (tertiary/aromatic N) is 3. The van der Waals surface area contributed by atoms with Gasteiger partial charge < -0.3 is 31.3 Å². The summed E-state index contributed by atoms with van der Waals surface area (Å²) in [5.74, 6) is -1.96. The summed E-state index contributed by atoms with van der Waals surface area (Å²) in [5.41, 5.74) is 1.64. The van der Waals surface area contributed by atoms with E-state index in [-0.39, 0.29) is 36.6 Å². The molecule has 1 fully saturated rings. The molecule has 246 valence electrons. The second-order valence-electron chi connectivity index (χ2n) is 11.5. The Morgan fingerprint density at radius 1 is 0.867 bits per heavy atom. The molecule has 45 heavy (non-hydrogen) atoms. The number of rotatable bonds is 17. The third-order valence-corrected chi connectivity index (χ3v) is 7.69. The highest BCUT2D eigenvalue weighted by Crippen LogP contribution is 2.11. The summed E-state index contributed by atoms with van der Waals surface area (Å²) in [6, 6.07) is 6.59. The van der Waals surface area contributed by atoms with Crippen molar-refractivity contribution in [3.8, 4) is 0 Å². The van der Waals surface area contributed by atoms with Gasteiger partial charge >= 0.3 is 6.09 Å². The fraction of sp³-hybridized carbons (Fsp3) is 0.548. The fourth-order valence-corrected chi connectivity index (χ4v) is 4.99. The van der Waals surface area contributed by atoms with Crippen molar-refractivity contribution in [3.05, 3.63) is 42.0 Å². The van der Waals surface area contributed by atoms with Gasteiger partial charge in [-0.3, -0.25) is 33.8 Å². The van der Waals surface area contributed by atoms with Gasteiger partial charge in [-0.25, -0.2) is 4.79 Å². The fourth-order valence-electron chi connectivity index (χ4n) is 4.99. The van der Waals surface area contributed by atoms with E-state index in [1.807, 2.05) is 26.0 Å². The maximum atomic E-state index is 12.8. The highest BCUT2D eigenvalue weighted by Gasteiger charge is 2.25. The summed E-state index contributed by atoms with van der Waals surface area (Å²) in [5, 5.41) is 20.5. The molecule has 6 amide bonds. The molecule has 0 aliphatic carbocycles. The molecule has 2 heterocycles. The van der Waals surface area contributed by atoms with Gasteiger partial charge in [0.15, 0.2) is 0 Å². The van der Waals surface area contributed by atoms with E-state index in [1.165, 1.54) is 22.0 Å². The summed E-state index contributed by atoms with van der Waals surface area (Å²) < 4.78 is 0. The number of benzene rings is 1. The van der Waals surface area contributed by atoms with Gasteiger partial charge in [0.2, 0.25) is 17.7 Å². The second-order valence-corrected chi connectivity index (χ2v) is 11.5. The molecule has 3 rings (SSSR count). The van der Waals surface area contributed by atoms with Crippen molar-refractivity contribution in [2.75, 3.05) is 57.7 Å². The van der Waals surface area contributed by atoms with Crippen LogP contribution in [0, 0.1) is 5.92 Å². The molecular weight excluding hydrogens is 582 g/mol. The molecule has 14 heteroatoms. The van der Waals surface area contributed by atoms with Crippen molar-refractivity contribution in [2.45, 2.75) is 52.1 Å². The van der Waals surface area contributed by atoms with Crippen molar-refractivity contribution >= 4 is 41.3 Å². The Kier molecular flexibility index (Phi) is 14.0. The summed E-state index contributed by atoms with van der Waals surface area (Å²) in [6.45, 7) is 8.44. The van der Waals surface area contributed by atoms with Gasteiger partial charge in [-0.1, -0.05) is 32.4 Å². The van der Waals surface area contributed by atoms with Crippen LogP contribution in [0.1, 0.15) is 45.1 Å². The SMILES string of the molecule is CC(C)C(NC(=O)CCCCCN1C(=O)C=CC1=O)C(=O)NCC(=O)Nc1ccc(CNCCN2CCN(C(=O)O)CC2)cc1. The van der Waals surface area contributed by atoms with E-state index in [0.29, 0.717) is 51.1 Å². The van der Waals surface area contributed by atoms with Gasteiger partial charge in [0.25, 0.3) is 11.8 Å². The minimum atomic E-state index is -0.869. The third kappa shape index (κ3) is 12.0. The molecule has 14 nitrogen and oxygen atoms in total.